The van der Waals surface area contributed by atoms with E-state index in [-0.39, 0.29) is 6.54 Å². The number of aryl methyl sites for hydroxylation is 1. The van der Waals surface area contributed by atoms with Crippen molar-refractivity contribution < 1.29 is 4.57 Å². The van der Waals surface area contributed by atoms with Crippen LogP contribution in [0.4, 0.5) is 5.69 Å². The Morgan fingerprint density at radius 1 is 1.00 bits per heavy atom. The van der Waals surface area contributed by atoms with Crippen LogP contribution in [-0.4, -0.2) is 20.1 Å². The number of nitroso groups, excluding NO2 is 1. The summed E-state index contributed by atoms with van der Waals surface area (Å²) in [6.45, 7) is 0.904. The van der Waals surface area contributed by atoms with Gasteiger partial charge in [0.15, 0.2) is 12.4 Å². The van der Waals surface area contributed by atoms with Crippen molar-refractivity contribution in [2.75, 3.05) is 25.0 Å². The van der Waals surface area contributed by atoms with Gasteiger partial charge in [-0.25, -0.2) is 4.57 Å². The van der Waals surface area contributed by atoms with Crippen LogP contribution in [0.1, 0.15) is 11.1 Å². The van der Waals surface area contributed by atoms with Gasteiger partial charge in [0, 0.05) is 36.8 Å². The molecule has 1 aromatic heterocycles. The van der Waals surface area contributed by atoms with Gasteiger partial charge >= 0.3 is 0 Å². The lowest BCUT2D eigenvalue weighted by atomic mass is 10.0. The molecule has 0 saturated heterocycles. The molecule has 0 bridgehead atoms. The van der Waals surface area contributed by atoms with Crippen LogP contribution in [0.25, 0.3) is 22.9 Å². The van der Waals surface area contributed by atoms with Gasteiger partial charge in [-0.2, -0.15) is 4.91 Å². The molecule has 2 aromatic carbocycles. The fraction of sp³-hybridized carbons (Fsp3) is 0.190. The molecule has 0 fully saturated rings. The molecule has 0 spiro atoms. The normalized spacial score (nSPS) is 11.1. The molecule has 0 atom stereocenters. The van der Waals surface area contributed by atoms with Crippen LogP contribution in [0, 0.1) is 4.91 Å². The Hall–Kier alpha value is -3.01. The van der Waals surface area contributed by atoms with Crippen LogP contribution >= 0.6 is 0 Å². The Labute approximate surface area is 148 Å². The number of fused-ring (bicyclic) bond motifs is 1. The molecule has 4 heteroatoms. The topological polar surface area (TPSA) is 36.6 Å². The molecule has 0 amide bonds. The van der Waals surface area contributed by atoms with E-state index in [1.807, 2.05) is 37.1 Å². The molecule has 0 aliphatic heterocycles. The highest BCUT2D eigenvalue weighted by molar-refractivity contribution is 6.00. The van der Waals surface area contributed by atoms with Gasteiger partial charge in [-0.15, -0.1) is 0 Å². The monoisotopic (exact) mass is 332 g/mol. The van der Waals surface area contributed by atoms with E-state index in [1.54, 1.807) is 0 Å². The van der Waals surface area contributed by atoms with Gasteiger partial charge in [-0.1, -0.05) is 47.7 Å². The Balaban J connectivity index is 1.97. The molecular weight excluding hydrogens is 310 g/mol. The lowest BCUT2D eigenvalue weighted by molar-refractivity contribution is -0.671. The predicted octanol–water partition coefficient (Wildman–Crippen LogP) is 4.04. The van der Waals surface area contributed by atoms with Crippen LogP contribution in [0.15, 0.2) is 66.1 Å². The van der Waals surface area contributed by atoms with E-state index in [0.29, 0.717) is 6.54 Å². The Morgan fingerprint density at radius 3 is 2.44 bits per heavy atom. The third-order valence-corrected chi connectivity index (χ3v) is 4.33. The second-order valence-electron chi connectivity index (χ2n) is 6.12. The largest absolute Gasteiger partial charge is 0.372 e. The number of nitrogens with zero attached hydrogens (tertiary/aromatic N) is 3. The number of hydrogen-bond acceptors (Lipinski definition) is 3. The molecule has 0 N–H and O–H groups in total. The van der Waals surface area contributed by atoms with Crippen LogP contribution in [0.3, 0.4) is 0 Å². The minimum atomic E-state index is 0.290. The van der Waals surface area contributed by atoms with Gasteiger partial charge in [-0.05, 0) is 22.6 Å². The fourth-order valence-corrected chi connectivity index (χ4v) is 2.91. The zero-order valence-electron chi connectivity index (χ0n) is 14.6. The molecule has 0 aliphatic carbocycles. The first-order valence-electron chi connectivity index (χ1n) is 8.34. The highest BCUT2D eigenvalue weighted by Gasteiger charge is 2.08. The van der Waals surface area contributed by atoms with Crippen molar-refractivity contribution in [3.05, 3.63) is 77.0 Å². The average molecular weight is 332 g/mol. The third-order valence-electron chi connectivity index (χ3n) is 4.33. The summed E-state index contributed by atoms with van der Waals surface area (Å²) in [5.74, 6) is 0. The van der Waals surface area contributed by atoms with Gasteiger partial charge in [0.1, 0.15) is 7.05 Å². The van der Waals surface area contributed by atoms with Crippen molar-refractivity contribution in [3.63, 3.8) is 0 Å². The third kappa shape index (κ3) is 3.91. The van der Waals surface area contributed by atoms with E-state index in [1.165, 1.54) is 21.9 Å². The Morgan fingerprint density at radius 2 is 1.72 bits per heavy atom. The molecule has 4 nitrogen and oxygen atoms in total. The van der Waals surface area contributed by atoms with Crippen LogP contribution in [0.5, 0.6) is 0 Å². The first-order chi connectivity index (χ1) is 12.2. The van der Waals surface area contributed by atoms with Crippen molar-refractivity contribution in [2.24, 2.45) is 12.2 Å². The second kappa shape index (κ2) is 7.71. The number of hydrogen-bond donors (Lipinski definition) is 0. The van der Waals surface area contributed by atoms with E-state index in [2.05, 4.69) is 64.7 Å². The quantitative estimate of drug-likeness (QED) is 0.504. The maximum absolute atomic E-state index is 10.4. The summed E-state index contributed by atoms with van der Waals surface area (Å²) in [5.41, 5.74) is 3.46. The SMILES string of the molecule is CN(CCN=O)c1ccc(/C=C/c2cc[n+](C)cc2)c2ccccc12. The van der Waals surface area contributed by atoms with Crippen LogP contribution < -0.4 is 9.47 Å². The maximum atomic E-state index is 10.4. The number of rotatable bonds is 6. The summed E-state index contributed by atoms with van der Waals surface area (Å²) in [6.07, 6.45) is 8.35. The summed E-state index contributed by atoms with van der Waals surface area (Å²) < 4.78 is 2.02. The van der Waals surface area contributed by atoms with E-state index in [4.69, 9.17) is 0 Å². The number of aromatic nitrogens is 1. The highest BCUT2D eigenvalue weighted by atomic mass is 16.3. The minimum Gasteiger partial charge on any atom is -0.372 e. The molecular formula is C21H22N3O+. The average Bonchev–Trinajstić information content (AvgIpc) is 2.65. The summed E-state index contributed by atoms with van der Waals surface area (Å²) in [7, 11) is 4.00. The molecule has 0 saturated carbocycles. The van der Waals surface area contributed by atoms with E-state index >= 15 is 0 Å². The number of benzene rings is 2. The van der Waals surface area contributed by atoms with E-state index < -0.39 is 0 Å². The molecule has 0 unspecified atom stereocenters. The zero-order chi connectivity index (χ0) is 17.6. The van der Waals surface area contributed by atoms with Crippen molar-refractivity contribution in [3.8, 4) is 0 Å². The molecule has 0 radical (unpaired) electrons. The molecule has 3 rings (SSSR count). The lowest BCUT2D eigenvalue weighted by Crippen LogP contribution is -2.25. The number of anilines is 1. The summed E-state index contributed by atoms with van der Waals surface area (Å²) >= 11 is 0. The standard InChI is InChI=1S/C21H22N3O/c1-23-14-11-17(12-15-23)7-8-18-9-10-21(24(2)16-13-22-25)20-6-4-3-5-19(18)20/h3-12,14-15H,13,16H2,1-2H3/q+1. The number of likely N-dealkylation sites (N-methyl/N-ethyl adjacent to an activating group) is 1. The van der Waals surface area contributed by atoms with Crippen molar-refractivity contribution in [2.45, 2.75) is 0 Å². The molecule has 3 aromatic rings. The van der Waals surface area contributed by atoms with Crippen molar-refractivity contribution in [1.29, 1.82) is 0 Å². The Kier molecular flexibility index (Phi) is 5.19. The molecule has 1 heterocycles. The van der Waals surface area contributed by atoms with Crippen molar-refractivity contribution >= 4 is 28.6 Å². The predicted molar refractivity (Wildman–Crippen MR) is 104 cm³/mol. The lowest BCUT2D eigenvalue weighted by Gasteiger charge is -2.20. The first-order valence-corrected chi connectivity index (χ1v) is 8.34. The minimum absolute atomic E-state index is 0.290. The van der Waals surface area contributed by atoms with E-state index in [9.17, 15) is 4.91 Å². The fourth-order valence-electron chi connectivity index (χ4n) is 2.91. The highest BCUT2D eigenvalue weighted by Crippen LogP contribution is 2.30. The van der Waals surface area contributed by atoms with Gasteiger partial charge in [0.05, 0.1) is 6.54 Å². The van der Waals surface area contributed by atoms with Gasteiger partial charge < -0.3 is 4.90 Å². The van der Waals surface area contributed by atoms with Gasteiger partial charge in [-0.3, -0.25) is 0 Å². The molecule has 0 aliphatic rings. The number of pyridine rings is 1. The molecule has 25 heavy (non-hydrogen) atoms. The summed E-state index contributed by atoms with van der Waals surface area (Å²) in [5, 5.41) is 5.34. The second-order valence-corrected chi connectivity index (χ2v) is 6.12. The Bertz CT molecular complexity index is 901. The zero-order valence-corrected chi connectivity index (χ0v) is 14.6. The summed E-state index contributed by atoms with van der Waals surface area (Å²) in [4.78, 5) is 12.5. The first kappa shape index (κ1) is 16.8. The summed E-state index contributed by atoms with van der Waals surface area (Å²) in [6, 6.07) is 16.8. The maximum Gasteiger partial charge on any atom is 0.169 e. The van der Waals surface area contributed by atoms with Crippen LogP contribution in [-0.2, 0) is 7.05 Å². The van der Waals surface area contributed by atoms with E-state index in [0.717, 1.165) is 5.69 Å². The van der Waals surface area contributed by atoms with Gasteiger partial charge in [0.25, 0.3) is 0 Å². The van der Waals surface area contributed by atoms with Gasteiger partial charge in [0.2, 0.25) is 0 Å². The van der Waals surface area contributed by atoms with Crippen molar-refractivity contribution in [1.82, 2.24) is 0 Å². The smallest absolute Gasteiger partial charge is 0.169 e. The molecule has 126 valence electrons. The van der Waals surface area contributed by atoms with Crippen LogP contribution in [0.2, 0.25) is 0 Å².